The van der Waals surface area contributed by atoms with Gasteiger partial charge in [0.25, 0.3) is 0 Å². The van der Waals surface area contributed by atoms with Gasteiger partial charge >= 0.3 is 0 Å². The maximum absolute atomic E-state index is 12.1. The summed E-state index contributed by atoms with van der Waals surface area (Å²) in [7, 11) is 0. The molecule has 0 aliphatic carbocycles. The normalized spacial score (nSPS) is 10.9. The van der Waals surface area contributed by atoms with Crippen molar-refractivity contribution in [3.05, 3.63) is 31.6 Å². The van der Waals surface area contributed by atoms with Crippen LogP contribution in [0.25, 0.3) is 0 Å². The second-order valence-electron chi connectivity index (χ2n) is 4.77. The van der Waals surface area contributed by atoms with E-state index >= 15 is 0 Å². The Labute approximate surface area is 117 Å². The summed E-state index contributed by atoms with van der Waals surface area (Å²) < 4.78 is 1.58. The average Bonchev–Trinajstić information content (AvgIpc) is 2.37. The van der Waals surface area contributed by atoms with E-state index in [0.717, 1.165) is 29.6 Å². The fourth-order valence-electron chi connectivity index (χ4n) is 2.13. The second-order valence-corrected chi connectivity index (χ2v) is 5.56. The second kappa shape index (κ2) is 6.98. The summed E-state index contributed by atoms with van der Waals surface area (Å²) in [5.74, 6) is 0. The van der Waals surface area contributed by atoms with Crippen molar-refractivity contribution in [2.75, 3.05) is 0 Å². The number of hydrogen-bond donors (Lipinski definition) is 1. The van der Waals surface area contributed by atoms with Crippen LogP contribution in [0.15, 0.2) is 9.27 Å². The van der Waals surface area contributed by atoms with Crippen molar-refractivity contribution in [2.45, 2.75) is 59.3 Å². The molecule has 0 saturated heterocycles. The highest BCUT2D eigenvalue weighted by Crippen LogP contribution is 2.17. The Morgan fingerprint density at radius 1 is 1.11 bits per heavy atom. The predicted molar refractivity (Wildman–Crippen MR) is 77.5 cm³/mol. The van der Waals surface area contributed by atoms with Crippen LogP contribution < -0.4 is 5.43 Å². The van der Waals surface area contributed by atoms with E-state index in [1.807, 2.05) is 0 Å². The van der Waals surface area contributed by atoms with Gasteiger partial charge in [0.05, 0.1) is 15.9 Å². The number of aromatic nitrogens is 1. The zero-order chi connectivity index (χ0) is 13.7. The van der Waals surface area contributed by atoms with Crippen molar-refractivity contribution in [1.29, 1.82) is 0 Å². The van der Waals surface area contributed by atoms with Gasteiger partial charge in [-0.2, -0.15) is 4.73 Å². The van der Waals surface area contributed by atoms with E-state index in [2.05, 4.69) is 22.9 Å². The van der Waals surface area contributed by atoms with Gasteiger partial charge in [0.1, 0.15) is 0 Å². The quantitative estimate of drug-likeness (QED) is 0.637. The molecule has 0 amide bonds. The molecule has 0 aromatic carbocycles. The number of rotatable bonds is 6. The molecule has 0 saturated carbocycles. The molecule has 0 aliphatic heterocycles. The van der Waals surface area contributed by atoms with Crippen LogP contribution in [0.4, 0.5) is 0 Å². The van der Waals surface area contributed by atoms with Gasteiger partial charge in [-0.3, -0.25) is 4.79 Å². The van der Waals surface area contributed by atoms with Crippen LogP contribution in [0.1, 0.15) is 56.0 Å². The van der Waals surface area contributed by atoms with Crippen molar-refractivity contribution in [2.24, 2.45) is 0 Å². The summed E-state index contributed by atoms with van der Waals surface area (Å²) in [4.78, 5) is 12.1. The highest BCUT2D eigenvalue weighted by Gasteiger charge is 2.14. The summed E-state index contributed by atoms with van der Waals surface area (Å²) in [6.45, 7) is 5.71. The first-order valence-corrected chi connectivity index (χ1v) is 7.39. The molecule has 0 unspecified atom stereocenters. The standard InChI is InChI=1S/C14H22BrNO2/c1-4-5-6-7-8-9-12-10(2)16(18)11(3)13(15)14(12)17/h18H,4-9H2,1-3H3. The molecule has 1 N–H and O–H groups in total. The summed E-state index contributed by atoms with van der Waals surface area (Å²) in [5, 5.41) is 9.88. The molecule has 1 aromatic heterocycles. The Morgan fingerprint density at radius 3 is 2.33 bits per heavy atom. The van der Waals surface area contributed by atoms with Gasteiger partial charge in [0, 0.05) is 5.56 Å². The summed E-state index contributed by atoms with van der Waals surface area (Å²) in [6.07, 6.45) is 6.58. The Hall–Kier alpha value is -0.770. The Morgan fingerprint density at radius 2 is 1.72 bits per heavy atom. The first kappa shape index (κ1) is 15.3. The van der Waals surface area contributed by atoms with Crippen LogP contribution in [0.3, 0.4) is 0 Å². The van der Waals surface area contributed by atoms with Gasteiger partial charge in [-0.25, -0.2) is 0 Å². The van der Waals surface area contributed by atoms with E-state index in [1.54, 1.807) is 13.8 Å². The maximum Gasteiger partial charge on any atom is 0.199 e. The lowest BCUT2D eigenvalue weighted by Gasteiger charge is -2.13. The lowest BCUT2D eigenvalue weighted by Crippen LogP contribution is -2.20. The molecule has 102 valence electrons. The minimum atomic E-state index is 0.0193. The predicted octanol–water partition coefficient (Wildman–Crippen LogP) is 3.98. The molecule has 0 fully saturated rings. The van der Waals surface area contributed by atoms with E-state index in [4.69, 9.17) is 0 Å². The van der Waals surface area contributed by atoms with Crippen molar-refractivity contribution in [3.8, 4) is 0 Å². The van der Waals surface area contributed by atoms with Gasteiger partial charge in [0.2, 0.25) is 0 Å². The molecule has 4 heteroatoms. The maximum atomic E-state index is 12.1. The van der Waals surface area contributed by atoms with Gasteiger partial charge in [-0.15, -0.1) is 0 Å². The average molecular weight is 316 g/mol. The number of nitrogens with zero attached hydrogens (tertiary/aromatic N) is 1. The van der Waals surface area contributed by atoms with Crippen molar-refractivity contribution >= 4 is 15.9 Å². The number of halogens is 1. The van der Waals surface area contributed by atoms with Crippen LogP contribution in [0.2, 0.25) is 0 Å². The third-order valence-corrected chi connectivity index (χ3v) is 4.33. The third kappa shape index (κ3) is 3.37. The summed E-state index contributed by atoms with van der Waals surface area (Å²) in [6, 6.07) is 0. The molecule has 1 heterocycles. The molecule has 3 nitrogen and oxygen atoms in total. The van der Waals surface area contributed by atoms with Crippen molar-refractivity contribution in [3.63, 3.8) is 0 Å². The largest absolute Gasteiger partial charge is 0.428 e. The SMILES string of the molecule is CCCCCCCc1c(C)n(O)c(C)c(Br)c1=O. The first-order chi connectivity index (χ1) is 8.50. The summed E-state index contributed by atoms with van der Waals surface area (Å²) >= 11 is 3.26. The molecule has 0 bridgehead atoms. The lowest BCUT2D eigenvalue weighted by atomic mass is 10.0. The van der Waals surface area contributed by atoms with Crippen molar-refractivity contribution < 1.29 is 5.21 Å². The van der Waals surface area contributed by atoms with E-state index in [0.29, 0.717) is 15.9 Å². The Kier molecular flexibility index (Phi) is 5.93. The minimum absolute atomic E-state index is 0.0193. The topological polar surface area (TPSA) is 42.2 Å². The van der Waals surface area contributed by atoms with Crippen molar-refractivity contribution in [1.82, 2.24) is 4.73 Å². The van der Waals surface area contributed by atoms with E-state index in [-0.39, 0.29) is 5.43 Å². The van der Waals surface area contributed by atoms with Crippen LogP contribution in [-0.2, 0) is 6.42 Å². The molecule has 1 aromatic rings. The molecule has 0 aliphatic rings. The monoisotopic (exact) mass is 315 g/mol. The van der Waals surface area contributed by atoms with Gasteiger partial charge in [0.15, 0.2) is 5.43 Å². The molecule has 0 atom stereocenters. The van der Waals surface area contributed by atoms with Gasteiger partial charge in [-0.05, 0) is 42.6 Å². The van der Waals surface area contributed by atoms with Crippen LogP contribution in [-0.4, -0.2) is 9.94 Å². The zero-order valence-electron chi connectivity index (χ0n) is 11.4. The zero-order valence-corrected chi connectivity index (χ0v) is 13.0. The molecular formula is C14H22BrNO2. The molecule has 18 heavy (non-hydrogen) atoms. The molecular weight excluding hydrogens is 294 g/mol. The smallest absolute Gasteiger partial charge is 0.199 e. The highest BCUT2D eigenvalue weighted by atomic mass is 79.9. The molecule has 1 rings (SSSR count). The fourth-order valence-corrected chi connectivity index (χ4v) is 2.54. The molecule has 0 radical (unpaired) electrons. The Balaban J connectivity index is 2.80. The fraction of sp³-hybridized carbons (Fsp3) is 0.643. The number of pyridine rings is 1. The van der Waals surface area contributed by atoms with E-state index in [1.165, 1.54) is 19.3 Å². The highest BCUT2D eigenvalue weighted by molar-refractivity contribution is 9.10. The summed E-state index contributed by atoms with van der Waals surface area (Å²) in [5.41, 5.74) is 1.97. The Bertz CT molecular complexity index is 466. The van der Waals surface area contributed by atoms with Crippen LogP contribution in [0, 0.1) is 13.8 Å². The third-order valence-electron chi connectivity index (χ3n) is 3.39. The van der Waals surface area contributed by atoms with Gasteiger partial charge < -0.3 is 5.21 Å². The minimum Gasteiger partial charge on any atom is -0.428 e. The first-order valence-electron chi connectivity index (χ1n) is 6.60. The van der Waals surface area contributed by atoms with Crippen LogP contribution in [0.5, 0.6) is 0 Å². The van der Waals surface area contributed by atoms with E-state index < -0.39 is 0 Å². The number of hydrogen-bond acceptors (Lipinski definition) is 2. The van der Waals surface area contributed by atoms with Crippen LogP contribution >= 0.6 is 15.9 Å². The lowest BCUT2D eigenvalue weighted by molar-refractivity contribution is 0.169. The molecule has 0 spiro atoms. The van der Waals surface area contributed by atoms with Gasteiger partial charge in [-0.1, -0.05) is 32.6 Å². The number of unbranched alkanes of at least 4 members (excludes halogenated alkanes) is 4. The van der Waals surface area contributed by atoms with E-state index in [9.17, 15) is 10.0 Å².